The molecule has 1 N–H and O–H groups in total. The molecule has 0 spiro atoms. The van der Waals surface area contributed by atoms with Gasteiger partial charge >= 0.3 is 12.3 Å². The van der Waals surface area contributed by atoms with Crippen LogP contribution in [0.5, 0.6) is 17.2 Å². The van der Waals surface area contributed by atoms with Crippen molar-refractivity contribution in [2.45, 2.75) is 154 Å². The fourth-order valence-electron chi connectivity index (χ4n) is 9.54. The first-order valence-electron chi connectivity index (χ1n) is 28.4. The van der Waals surface area contributed by atoms with Gasteiger partial charge in [-0.25, -0.2) is 33.9 Å². The Kier molecular flexibility index (Phi) is 42.3. The van der Waals surface area contributed by atoms with E-state index in [1.807, 2.05) is 57.4 Å². The standard InChI is InChI=1S/C27H40N4O4S.C16H27NO3S.C9H11ClO3S.C7H17N.2CO2.ClH/c1-21-18-25(35-5)19-22(2)27(21)36(33,34)30(4)15-7-6-8-26(32)29(3)20-23-11-16-31(17-12-23)24-9-13-28-14-10-24;1-6-7-8-9-10-17(4)21(18,19)16-13(2)11-15(20-5)12-14(16)3;1-6-4-8(13-3)5-7(2)9(6)14(10,11)12;1-3-4-5-6-7-8-2;2*2-1-3;/h9-10,13-14,18-19,23H,6-8,11-12,15-17,20H2,1-5H3;11-12H,6-10H2,1-5H3;4-5H,1-3H3;8H,3-7H2,1-2H3;;;1H. The number of carbonyl (C=O) groups excluding carboxylic acids is 5. The predicted molar refractivity (Wildman–Crippen MR) is 340 cm³/mol. The zero-order valence-corrected chi connectivity index (χ0v) is 57.3. The average molecular weight is 1300 g/mol. The topological polar surface area (TPSA) is 253 Å². The van der Waals surface area contributed by atoms with Gasteiger partial charge in [0.05, 0.1) is 36.0 Å². The Labute approximate surface area is 525 Å². The maximum absolute atomic E-state index is 13.1. The van der Waals surface area contributed by atoms with E-state index in [0.717, 1.165) is 69.3 Å². The van der Waals surface area contributed by atoms with E-state index in [0.29, 0.717) is 87.6 Å². The zero-order chi connectivity index (χ0) is 64.9. The monoisotopic (exact) mass is 1300 g/mol. The number of ether oxygens (including phenoxy) is 3. The second-order valence-corrected chi connectivity index (χ2v) is 27.1. The van der Waals surface area contributed by atoms with Gasteiger partial charge in [-0.1, -0.05) is 52.4 Å². The molecule has 1 aromatic heterocycles. The minimum Gasteiger partial charge on any atom is -0.497 e. The molecular formula is C61H96Cl2N6O14S3. The van der Waals surface area contributed by atoms with Crippen molar-refractivity contribution in [3.05, 3.63) is 94.3 Å². The number of anilines is 1. The van der Waals surface area contributed by atoms with Gasteiger partial charge in [-0.2, -0.15) is 19.2 Å². The number of halogens is 2. The third kappa shape index (κ3) is 29.5. The minimum atomic E-state index is -3.67. The van der Waals surface area contributed by atoms with Crippen LogP contribution < -0.4 is 24.4 Å². The Bertz CT molecular complexity index is 2940. The van der Waals surface area contributed by atoms with Crippen molar-refractivity contribution in [1.29, 1.82) is 0 Å². The fourth-order valence-corrected chi connectivity index (χ4v) is 14.4. The van der Waals surface area contributed by atoms with Crippen molar-refractivity contribution >= 4 is 76.1 Å². The summed E-state index contributed by atoms with van der Waals surface area (Å²) in [5.74, 6) is 2.59. The van der Waals surface area contributed by atoms with Crippen LogP contribution in [-0.2, 0) is 53.1 Å². The number of benzene rings is 3. The average Bonchev–Trinajstić information content (AvgIpc) is 2.91. The summed E-state index contributed by atoms with van der Waals surface area (Å²) in [4.78, 5) is 54.4. The summed E-state index contributed by atoms with van der Waals surface area (Å²) in [5.41, 5.74) is 5.19. The van der Waals surface area contributed by atoms with E-state index in [2.05, 4.69) is 29.0 Å². The normalized spacial score (nSPS) is 12.0. The van der Waals surface area contributed by atoms with E-state index in [1.54, 1.807) is 92.4 Å². The van der Waals surface area contributed by atoms with Crippen LogP contribution in [0.15, 0.2) is 75.6 Å². The number of nitrogens with zero attached hydrogens (tertiary/aromatic N) is 5. The van der Waals surface area contributed by atoms with Crippen LogP contribution in [0.1, 0.15) is 131 Å². The van der Waals surface area contributed by atoms with Crippen LogP contribution >= 0.6 is 23.1 Å². The number of hydrogen-bond donors (Lipinski definition) is 1. The number of hydrogen-bond acceptors (Lipinski definition) is 17. The Morgan fingerprint density at radius 3 is 1.29 bits per heavy atom. The number of sulfonamides is 2. The number of piperidine rings is 1. The van der Waals surface area contributed by atoms with Crippen molar-refractivity contribution in [1.82, 2.24) is 23.8 Å². The molecule has 25 heteroatoms. The molecule has 0 radical (unpaired) electrons. The van der Waals surface area contributed by atoms with E-state index in [4.69, 9.17) is 44.1 Å². The molecule has 1 amide bonds. The van der Waals surface area contributed by atoms with Crippen LogP contribution in [-0.4, -0.2) is 151 Å². The lowest BCUT2D eigenvalue weighted by Crippen LogP contribution is -2.39. The lowest BCUT2D eigenvalue weighted by molar-refractivity contribution is -0.193. The molecule has 486 valence electrons. The highest BCUT2D eigenvalue weighted by atomic mass is 35.7. The van der Waals surface area contributed by atoms with Gasteiger partial charge in [0.15, 0.2) is 0 Å². The number of methoxy groups -OCH3 is 3. The summed E-state index contributed by atoms with van der Waals surface area (Å²) >= 11 is 0. The van der Waals surface area contributed by atoms with Crippen molar-refractivity contribution in [2.75, 3.05) is 93.7 Å². The molecule has 86 heavy (non-hydrogen) atoms. The summed E-state index contributed by atoms with van der Waals surface area (Å²) in [6.45, 7) is 19.8. The van der Waals surface area contributed by atoms with Gasteiger partial charge < -0.3 is 29.3 Å². The molecule has 2 heterocycles. The summed E-state index contributed by atoms with van der Waals surface area (Å²) in [5, 5.41) is 3.13. The lowest BCUT2D eigenvalue weighted by atomic mass is 9.96. The maximum Gasteiger partial charge on any atom is 0.373 e. The predicted octanol–water partition coefficient (Wildman–Crippen LogP) is 10.7. The summed E-state index contributed by atoms with van der Waals surface area (Å²) in [6, 6.07) is 14.4. The van der Waals surface area contributed by atoms with Gasteiger partial charge in [-0.15, -0.1) is 12.4 Å². The number of amides is 1. The highest BCUT2D eigenvalue weighted by molar-refractivity contribution is 8.13. The molecule has 1 aliphatic rings. The fraction of sp³-hybridized carbons (Fsp3) is 0.574. The van der Waals surface area contributed by atoms with Gasteiger partial charge in [0, 0.05) is 89.1 Å². The Hall–Kier alpha value is -5.45. The largest absolute Gasteiger partial charge is 0.497 e. The van der Waals surface area contributed by atoms with Gasteiger partial charge in [0.1, 0.15) is 17.2 Å². The molecule has 20 nitrogen and oxygen atoms in total. The third-order valence-corrected chi connectivity index (χ3v) is 19.8. The van der Waals surface area contributed by atoms with E-state index >= 15 is 0 Å². The van der Waals surface area contributed by atoms with Crippen molar-refractivity contribution in [3.8, 4) is 17.2 Å². The second kappa shape index (κ2) is 44.1. The highest BCUT2D eigenvalue weighted by Crippen LogP contribution is 2.31. The number of unbranched alkanes of at least 4 members (excludes halogenated alkanes) is 7. The molecule has 0 aliphatic carbocycles. The van der Waals surface area contributed by atoms with Crippen LogP contribution in [0.25, 0.3) is 0 Å². The summed E-state index contributed by atoms with van der Waals surface area (Å²) in [7, 11) is 6.41. The number of carbonyl (C=O) groups is 1. The first-order chi connectivity index (χ1) is 40.1. The van der Waals surface area contributed by atoms with Gasteiger partial charge in [0.2, 0.25) is 26.0 Å². The molecule has 1 aliphatic heterocycles. The zero-order valence-electron chi connectivity index (χ0n) is 53.2. The number of aromatic nitrogens is 1. The number of rotatable bonds is 26. The smallest absolute Gasteiger partial charge is 0.373 e. The van der Waals surface area contributed by atoms with E-state index in [-0.39, 0.29) is 35.5 Å². The first-order valence-corrected chi connectivity index (χ1v) is 33.6. The molecule has 0 saturated carbocycles. The summed E-state index contributed by atoms with van der Waals surface area (Å²) in [6.07, 6.45) is 17.7. The van der Waals surface area contributed by atoms with E-state index in [1.165, 1.54) is 53.6 Å². The Morgan fingerprint density at radius 1 is 0.605 bits per heavy atom. The molecule has 5 rings (SSSR count). The van der Waals surface area contributed by atoms with Crippen molar-refractivity contribution in [3.63, 3.8) is 0 Å². The Balaban J connectivity index is 0. The molecule has 4 aromatic rings. The van der Waals surface area contributed by atoms with Gasteiger partial charge in [-0.05, 0) is 181 Å². The van der Waals surface area contributed by atoms with Crippen LogP contribution in [0.3, 0.4) is 0 Å². The van der Waals surface area contributed by atoms with E-state index < -0.39 is 29.1 Å². The van der Waals surface area contributed by atoms with Crippen LogP contribution in [0, 0.1) is 47.5 Å². The van der Waals surface area contributed by atoms with Crippen LogP contribution in [0.2, 0.25) is 0 Å². The molecule has 3 aromatic carbocycles. The molecule has 1 fully saturated rings. The van der Waals surface area contributed by atoms with Gasteiger partial charge in [0.25, 0.3) is 9.05 Å². The molecule has 0 bridgehead atoms. The second-order valence-electron chi connectivity index (χ2n) is 20.6. The van der Waals surface area contributed by atoms with Crippen molar-refractivity contribution < 1.29 is 63.4 Å². The third-order valence-electron chi connectivity index (χ3n) is 13.9. The summed E-state index contributed by atoms with van der Waals surface area (Å²) < 4.78 is 92.4. The number of aryl methyl sites for hydroxylation is 6. The SMILES string of the molecule is CCCCCCN(C)S(=O)(=O)c1c(C)cc(OC)cc1C.CCCCCCNC.COc1cc(C)c(S(=O)(=O)Cl)c(C)c1.COc1cc(C)c(S(=O)(=O)N(C)CCCCC(=O)N(C)CC2CCN(c3ccncc3)CC2)c(C)c1.Cl.O=C=O.O=C=O. The van der Waals surface area contributed by atoms with Crippen molar-refractivity contribution in [2.24, 2.45) is 5.92 Å². The molecular weight excluding hydrogens is 1210 g/mol. The Morgan fingerprint density at radius 2 is 0.953 bits per heavy atom. The molecule has 0 atom stereocenters. The quantitative estimate of drug-likeness (QED) is 0.0453. The first kappa shape index (κ1) is 82.6. The van der Waals surface area contributed by atoms with Gasteiger partial charge in [-0.3, -0.25) is 9.78 Å². The molecule has 1 saturated heterocycles. The number of pyridine rings is 1. The molecule has 0 unspecified atom stereocenters. The minimum absolute atomic E-state index is 0. The maximum atomic E-state index is 13.1. The van der Waals surface area contributed by atoms with E-state index in [9.17, 15) is 30.0 Å². The lowest BCUT2D eigenvalue weighted by Gasteiger charge is -2.35. The number of nitrogens with one attached hydrogen (secondary N) is 1. The van der Waals surface area contributed by atoms with Crippen LogP contribution in [0.4, 0.5) is 5.69 Å². The highest BCUT2D eigenvalue weighted by Gasteiger charge is 2.28.